The van der Waals surface area contributed by atoms with E-state index in [4.69, 9.17) is 9.47 Å². The molecule has 4 fully saturated rings. The third kappa shape index (κ3) is 3.30. The molecule has 5 heterocycles. The molecule has 0 unspecified atom stereocenters. The third-order valence-corrected chi connectivity index (χ3v) is 6.12. The molecule has 4 saturated heterocycles. The molecule has 144 valence electrons. The second-order valence-corrected chi connectivity index (χ2v) is 7.78. The average Bonchev–Trinajstić information content (AvgIpc) is 2.89. The van der Waals surface area contributed by atoms with Crippen LogP contribution in [-0.4, -0.2) is 77.4 Å². The van der Waals surface area contributed by atoms with Gasteiger partial charge in [-0.05, 0) is 31.0 Å². The highest BCUT2D eigenvalue weighted by Crippen LogP contribution is 2.28. The fraction of sp³-hybridized carbons (Fsp3) is 0.600. The number of hydrogen-bond acceptors (Lipinski definition) is 5. The summed E-state index contributed by atoms with van der Waals surface area (Å²) in [6.45, 7) is 5.43. The van der Waals surface area contributed by atoms with Gasteiger partial charge in [0.25, 0.3) is 5.91 Å². The van der Waals surface area contributed by atoms with Crippen LogP contribution < -0.4 is 4.74 Å². The molecule has 0 spiro atoms. The first kappa shape index (κ1) is 17.0. The van der Waals surface area contributed by atoms with Gasteiger partial charge in [0.2, 0.25) is 0 Å². The molecule has 27 heavy (non-hydrogen) atoms. The van der Waals surface area contributed by atoms with Crippen LogP contribution in [0.15, 0.2) is 18.2 Å². The van der Waals surface area contributed by atoms with E-state index in [1.54, 1.807) is 0 Å². The summed E-state index contributed by atoms with van der Waals surface area (Å²) in [7, 11) is 0. The number of aromatic amines is 1. The van der Waals surface area contributed by atoms with Crippen molar-refractivity contribution in [3.05, 3.63) is 23.9 Å². The third-order valence-electron chi connectivity index (χ3n) is 6.12. The second-order valence-electron chi connectivity index (χ2n) is 7.78. The lowest BCUT2D eigenvalue weighted by molar-refractivity contribution is 0.0256. The van der Waals surface area contributed by atoms with E-state index < -0.39 is 0 Å². The van der Waals surface area contributed by atoms with Crippen LogP contribution in [0.3, 0.4) is 0 Å². The molecule has 0 radical (unpaired) electrons. The molecule has 0 saturated carbocycles. The van der Waals surface area contributed by atoms with Crippen molar-refractivity contribution in [2.24, 2.45) is 0 Å². The summed E-state index contributed by atoms with van der Waals surface area (Å²) >= 11 is 0. The molecule has 1 aromatic carbocycles. The lowest BCUT2D eigenvalue weighted by atomic mass is 10.0. The molecule has 0 aliphatic carbocycles. The van der Waals surface area contributed by atoms with Crippen molar-refractivity contribution in [2.75, 3.05) is 39.4 Å². The van der Waals surface area contributed by atoms with Crippen molar-refractivity contribution in [2.45, 2.75) is 37.8 Å². The van der Waals surface area contributed by atoms with Gasteiger partial charge in [-0.3, -0.25) is 9.89 Å². The normalized spacial score (nSPS) is 26.3. The van der Waals surface area contributed by atoms with Crippen LogP contribution in [0.5, 0.6) is 5.75 Å². The van der Waals surface area contributed by atoms with Crippen LogP contribution in [0, 0.1) is 0 Å². The van der Waals surface area contributed by atoms with E-state index in [2.05, 4.69) is 15.1 Å². The van der Waals surface area contributed by atoms with Crippen molar-refractivity contribution < 1.29 is 14.3 Å². The van der Waals surface area contributed by atoms with Gasteiger partial charge in [0.05, 0.1) is 18.7 Å². The summed E-state index contributed by atoms with van der Waals surface area (Å²) in [5, 5.41) is 8.23. The summed E-state index contributed by atoms with van der Waals surface area (Å²) in [6.07, 6.45) is 4.11. The van der Waals surface area contributed by atoms with Crippen LogP contribution in [0.25, 0.3) is 10.9 Å². The first-order valence-electron chi connectivity index (χ1n) is 10.0. The average molecular weight is 370 g/mol. The van der Waals surface area contributed by atoms with Crippen molar-refractivity contribution in [3.63, 3.8) is 0 Å². The largest absolute Gasteiger partial charge is 0.490 e. The van der Waals surface area contributed by atoms with Crippen LogP contribution in [0.1, 0.15) is 36.2 Å². The van der Waals surface area contributed by atoms with E-state index >= 15 is 0 Å². The van der Waals surface area contributed by atoms with Gasteiger partial charge in [0.1, 0.15) is 11.9 Å². The lowest BCUT2D eigenvalue weighted by Gasteiger charge is -2.31. The number of hydrogen-bond donors (Lipinski definition) is 1. The maximum atomic E-state index is 13.3. The van der Waals surface area contributed by atoms with Gasteiger partial charge in [-0.25, -0.2) is 0 Å². The number of aromatic nitrogens is 2. The Labute approximate surface area is 158 Å². The highest BCUT2D eigenvalue weighted by molar-refractivity contribution is 6.05. The number of nitrogens with one attached hydrogen (secondary N) is 1. The number of piperidine rings is 1. The van der Waals surface area contributed by atoms with Gasteiger partial charge in [0, 0.05) is 50.4 Å². The zero-order valence-corrected chi connectivity index (χ0v) is 15.5. The summed E-state index contributed by atoms with van der Waals surface area (Å²) in [5.41, 5.74) is 1.39. The van der Waals surface area contributed by atoms with Gasteiger partial charge < -0.3 is 19.3 Å². The Morgan fingerprint density at radius 3 is 2.74 bits per heavy atom. The number of amides is 1. The minimum atomic E-state index is 0.0400. The molecule has 4 aliphatic heterocycles. The molecule has 4 aliphatic rings. The van der Waals surface area contributed by atoms with Crippen molar-refractivity contribution in [3.8, 4) is 5.75 Å². The fourth-order valence-electron chi connectivity index (χ4n) is 4.51. The molecular formula is C20H26N4O3. The van der Waals surface area contributed by atoms with Gasteiger partial charge in [-0.2, -0.15) is 5.10 Å². The molecule has 1 amide bonds. The molecular weight excluding hydrogens is 344 g/mol. The molecule has 0 atom stereocenters. The van der Waals surface area contributed by atoms with Crippen LogP contribution >= 0.6 is 0 Å². The Balaban J connectivity index is 1.40. The second kappa shape index (κ2) is 7.13. The Morgan fingerprint density at radius 1 is 1.11 bits per heavy atom. The van der Waals surface area contributed by atoms with Crippen molar-refractivity contribution in [1.82, 2.24) is 20.0 Å². The van der Waals surface area contributed by atoms with Crippen LogP contribution in [0.2, 0.25) is 0 Å². The molecule has 1 aromatic heterocycles. The van der Waals surface area contributed by atoms with E-state index in [1.165, 1.54) is 0 Å². The summed E-state index contributed by atoms with van der Waals surface area (Å²) in [5.74, 6) is 0.839. The number of rotatable bonds is 3. The van der Waals surface area contributed by atoms with E-state index in [1.807, 2.05) is 23.1 Å². The minimum Gasteiger partial charge on any atom is -0.490 e. The quantitative estimate of drug-likeness (QED) is 0.895. The molecule has 2 aromatic rings. The fourth-order valence-corrected chi connectivity index (χ4v) is 4.51. The number of H-pyrrole nitrogens is 1. The smallest absolute Gasteiger partial charge is 0.275 e. The first-order valence-corrected chi connectivity index (χ1v) is 10.0. The highest BCUT2D eigenvalue weighted by Gasteiger charge is 2.33. The molecule has 7 heteroatoms. The van der Waals surface area contributed by atoms with Gasteiger partial charge in [0.15, 0.2) is 5.69 Å². The van der Waals surface area contributed by atoms with Crippen molar-refractivity contribution >= 4 is 16.8 Å². The predicted molar refractivity (Wildman–Crippen MR) is 101 cm³/mol. The van der Waals surface area contributed by atoms with Crippen LogP contribution in [-0.2, 0) is 4.74 Å². The predicted octanol–water partition coefficient (Wildman–Crippen LogP) is 2.04. The Bertz CT molecular complexity index is 822. The number of carbonyl (C=O) groups excluding carboxylic acids is 1. The van der Waals surface area contributed by atoms with E-state index in [0.29, 0.717) is 11.7 Å². The zero-order valence-electron chi connectivity index (χ0n) is 15.5. The number of benzene rings is 1. The summed E-state index contributed by atoms with van der Waals surface area (Å²) < 4.78 is 11.5. The monoisotopic (exact) mass is 370 g/mol. The standard InChI is InChI=1S/C20H26N4O3/c25-20(24-10-9-23-7-3-14(24)4-8-23)19-17-13-16(1-2-18(17)21-22-19)27-15-5-11-26-12-6-15/h1-2,13-15H,3-12H2,(H,21,22). The van der Waals surface area contributed by atoms with Crippen molar-refractivity contribution in [1.29, 1.82) is 0 Å². The molecule has 2 bridgehead atoms. The topological polar surface area (TPSA) is 70.7 Å². The first-order chi connectivity index (χ1) is 13.3. The maximum Gasteiger partial charge on any atom is 0.275 e. The SMILES string of the molecule is O=C(c1n[nH]c2ccc(OC3CCOCC3)cc12)N1CCN2CCC1CC2. The zero-order chi connectivity index (χ0) is 18.2. The Kier molecular flexibility index (Phi) is 4.49. The lowest BCUT2D eigenvalue weighted by Crippen LogP contribution is -2.41. The number of nitrogens with zero attached hydrogens (tertiary/aromatic N) is 3. The molecule has 6 rings (SSSR count). The molecule has 7 nitrogen and oxygen atoms in total. The van der Waals surface area contributed by atoms with Crippen LogP contribution in [0.4, 0.5) is 0 Å². The number of fused-ring (bicyclic) bond motifs is 5. The number of ether oxygens (including phenoxy) is 2. The summed E-state index contributed by atoms with van der Waals surface area (Å²) in [4.78, 5) is 17.8. The van der Waals surface area contributed by atoms with E-state index in [9.17, 15) is 4.79 Å². The minimum absolute atomic E-state index is 0.0400. The van der Waals surface area contributed by atoms with Gasteiger partial charge in [-0.1, -0.05) is 0 Å². The summed E-state index contributed by atoms with van der Waals surface area (Å²) in [6, 6.07) is 6.20. The van der Waals surface area contributed by atoms with E-state index in [-0.39, 0.29) is 12.0 Å². The highest BCUT2D eigenvalue weighted by atomic mass is 16.5. The Morgan fingerprint density at radius 2 is 1.93 bits per heavy atom. The van der Waals surface area contributed by atoms with E-state index in [0.717, 1.165) is 81.7 Å². The number of carbonyl (C=O) groups is 1. The Hall–Kier alpha value is -2.12. The van der Waals surface area contributed by atoms with Gasteiger partial charge in [-0.15, -0.1) is 0 Å². The van der Waals surface area contributed by atoms with Gasteiger partial charge >= 0.3 is 0 Å². The maximum absolute atomic E-state index is 13.3. The molecule has 1 N–H and O–H groups in total.